The minimum absolute atomic E-state index is 0.398. The Morgan fingerprint density at radius 1 is 1.79 bits per heavy atom. The second kappa shape index (κ2) is 4.38. The molecule has 2 atom stereocenters. The summed E-state index contributed by atoms with van der Waals surface area (Å²) in [6, 6.07) is 0. The monoisotopic (exact) mass is 211 g/mol. The Bertz CT molecular complexity index is 291. The van der Waals surface area contributed by atoms with Crippen molar-refractivity contribution < 1.29 is 0 Å². The number of nitrogens with two attached hydrogens (primary N) is 1. The lowest BCUT2D eigenvalue weighted by Crippen LogP contribution is -2.10. The van der Waals surface area contributed by atoms with Crippen LogP contribution in [-0.4, -0.2) is 24.6 Å². The van der Waals surface area contributed by atoms with Crippen molar-refractivity contribution >= 4 is 11.3 Å². The van der Waals surface area contributed by atoms with E-state index in [-0.39, 0.29) is 0 Å². The smallest absolute Gasteiger partial charge is 0.0972 e. The van der Waals surface area contributed by atoms with Gasteiger partial charge >= 0.3 is 0 Å². The first kappa shape index (κ1) is 10.1. The molecule has 1 aromatic heterocycles. The van der Waals surface area contributed by atoms with Crippen LogP contribution in [0.3, 0.4) is 0 Å². The molecule has 0 amide bonds. The van der Waals surface area contributed by atoms with E-state index >= 15 is 0 Å². The summed E-state index contributed by atoms with van der Waals surface area (Å²) in [6.07, 6.45) is 1.23. The van der Waals surface area contributed by atoms with Gasteiger partial charge in [0.15, 0.2) is 0 Å². The SMILES string of the molecule is CC(CN)c1csc(C2CCNC2)n1. The summed E-state index contributed by atoms with van der Waals surface area (Å²) >= 11 is 1.78. The summed E-state index contributed by atoms with van der Waals surface area (Å²) < 4.78 is 0. The summed E-state index contributed by atoms with van der Waals surface area (Å²) in [5.41, 5.74) is 6.79. The third-order valence-corrected chi connectivity index (χ3v) is 3.83. The van der Waals surface area contributed by atoms with E-state index in [9.17, 15) is 0 Å². The quantitative estimate of drug-likeness (QED) is 0.792. The van der Waals surface area contributed by atoms with E-state index in [1.807, 2.05) is 0 Å². The molecule has 1 saturated heterocycles. The van der Waals surface area contributed by atoms with Gasteiger partial charge in [0.25, 0.3) is 0 Å². The van der Waals surface area contributed by atoms with Crippen LogP contribution in [0.2, 0.25) is 0 Å². The van der Waals surface area contributed by atoms with Gasteiger partial charge in [0, 0.05) is 30.3 Å². The van der Waals surface area contributed by atoms with Gasteiger partial charge < -0.3 is 11.1 Å². The van der Waals surface area contributed by atoms with Gasteiger partial charge in [0.1, 0.15) is 0 Å². The molecule has 0 aromatic carbocycles. The van der Waals surface area contributed by atoms with Gasteiger partial charge in [-0.2, -0.15) is 0 Å². The molecule has 78 valence electrons. The summed E-state index contributed by atoms with van der Waals surface area (Å²) in [6.45, 7) is 5.04. The summed E-state index contributed by atoms with van der Waals surface area (Å²) in [4.78, 5) is 4.66. The first-order valence-corrected chi connectivity index (χ1v) is 6.05. The highest BCUT2D eigenvalue weighted by atomic mass is 32.1. The zero-order valence-electron chi connectivity index (χ0n) is 8.49. The molecule has 1 fully saturated rings. The van der Waals surface area contributed by atoms with Crippen molar-refractivity contribution in [2.24, 2.45) is 5.73 Å². The first-order chi connectivity index (χ1) is 6.81. The average molecular weight is 211 g/mol. The van der Waals surface area contributed by atoms with E-state index in [0.29, 0.717) is 18.4 Å². The van der Waals surface area contributed by atoms with Crippen LogP contribution in [0.15, 0.2) is 5.38 Å². The molecule has 0 spiro atoms. The third kappa shape index (κ3) is 1.97. The van der Waals surface area contributed by atoms with Crippen molar-refractivity contribution in [1.29, 1.82) is 0 Å². The molecule has 1 aromatic rings. The molecule has 0 saturated carbocycles. The Kier molecular flexibility index (Phi) is 3.15. The number of nitrogens with one attached hydrogen (secondary N) is 1. The van der Waals surface area contributed by atoms with Crippen LogP contribution in [0, 0.1) is 0 Å². The molecule has 2 heterocycles. The van der Waals surface area contributed by atoms with Gasteiger partial charge in [-0.05, 0) is 13.0 Å². The highest BCUT2D eigenvalue weighted by Gasteiger charge is 2.20. The van der Waals surface area contributed by atoms with E-state index < -0.39 is 0 Å². The Balaban J connectivity index is 2.08. The molecule has 3 N–H and O–H groups in total. The van der Waals surface area contributed by atoms with Crippen molar-refractivity contribution in [1.82, 2.24) is 10.3 Å². The first-order valence-electron chi connectivity index (χ1n) is 5.17. The molecule has 0 bridgehead atoms. The van der Waals surface area contributed by atoms with Crippen molar-refractivity contribution in [3.05, 3.63) is 16.1 Å². The van der Waals surface area contributed by atoms with Crippen LogP contribution >= 0.6 is 11.3 Å². The Morgan fingerprint density at radius 3 is 3.29 bits per heavy atom. The predicted molar refractivity (Wildman–Crippen MR) is 59.8 cm³/mol. The minimum Gasteiger partial charge on any atom is -0.330 e. The number of hydrogen-bond donors (Lipinski definition) is 2. The van der Waals surface area contributed by atoms with E-state index in [1.54, 1.807) is 11.3 Å². The maximum atomic E-state index is 5.62. The van der Waals surface area contributed by atoms with Crippen LogP contribution in [-0.2, 0) is 0 Å². The van der Waals surface area contributed by atoms with E-state index in [4.69, 9.17) is 5.73 Å². The fourth-order valence-corrected chi connectivity index (χ4v) is 2.78. The number of aromatic nitrogens is 1. The maximum Gasteiger partial charge on any atom is 0.0972 e. The lowest BCUT2D eigenvalue weighted by atomic mass is 10.1. The standard InChI is InChI=1S/C10H17N3S/c1-7(4-11)9-6-14-10(13-9)8-2-3-12-5-8/h6-8,12H,2-5,11H2,1H3. The number of rotatable bonds is 3. The van der Waals surface area contributed by atoms with Crippen LogP contribution < -0.4 is 11.1 Å². The highest BCUT2D eigenvalue weighted by molar-refractivity contribution is 7.09. The van der Waals surface area contributed by atoms with E-state index in [2.05, 4.69) is 22.6 Å². The molecular formula is C10H17N3S. The van der Waals surface area contributed by atoms with Crippen molar-refractivity contribution in [2.45, 2.75) is 25.2 Å². The fraction of sp³-hybridized carbons (Fsp3) is 0.700. The zero-order valence-corrected chi connectivity index (χ0v) is 9.31. The summed E-state index contributed by atoms with van der Waals surface area (Å²) in [5, 5.41) is 6.81. The van der Waals surface area contributed by atoms with Gasteiger partial charge in [-0.15, -0.1) is 11.3 Å². The van der Waals surface area contributed by atoms with Crippen LogP contribution in [0.25, 0.3) is 0 Å². The van der Waals surface area contributed by atoms with Gasteiger partial charge in [0.2, 0.25) is 0 Å². The number of thiazole rings is 1. The van der Waals surface area contributed by atoms with Gasteiger partial charge in [-0.25, -0.2) is 4.98 Å². The lowest BCUT2D eigenvalue weighted by molar-refractivity contribution is 0.716. The molecule has 3 nitrogen and oxygen atoms in total. The predicted octanol–water partition coefficient (Wildman–Crippen LogP) is 1.28. The molecule has 2 unspecified atom stereocenters. The topological polar surface area (TPSA) is 50.9 Å². The van der Waals surface area contributed by atoms with Gasteiger partial charge in [-0.3, -0.25) is 0 Å². The van der Waals surface area contributed by atoms with Crippen molar-refractivity contribution in [3.63, 3.8) is 0 Å². The van der Waals surface area contributed by atoms with E-state index in [0.717, 1.165) is 13.1 Å². The molecule has 14 heavy (non-hydrogen) atoms. The molecule has 4 heteroatoms. The average Bonchev–Trinajstić information content (AvgIpc) is 2.86. The molecule has 2 rings (SSSR count). The number of nitrogens with zero attached hydrogens (tertiary/aromatic N) is 1. The largest absolute Gasteiger partial charge is 0.330 e. The second-order valence-corrected chi connectivity index (χ2v) is 4.83. The summed E-state index contributed by atoms with van der Waals surface area (Å²) in [7, 11) is 0. The van der Waals surface area contributed by atoms with E-state index in [1.165, 1.54) is 17.1 Å². The normalized spacial score (nSPS) is 24.0. The Labute approximate surface area is 88.7 Å². The lowest BCUT2D eigenvalue weighted by Gasteiger charge is -2.04. The second-order valence-electron chi connectivity index (χ2n) is 3.94. The molecule has 1 aliphatic heterocycles. The van der Waals surface area contributed by atoms with Crippen LogP contribution in [0.1, 0.15) is 35.9 Å². The summed E-state index contributed by atoms with van der Waals surface area (Å²) in [5.74, 6) is 1.04. The Morgan fingerprint density at radius 2 is 2.64 bits per heavy atom. The highest BCUT2D eigenvalue weighted by Crippen LogP contribution is 2.27. The minimum atomic E-state index is 0.398. The fourth-order valence-electron chi connectivity index (χ4n) is 1.70. The maximum absolute atomic E-state index is 5.62. The van der Waals surface area contributed by atoms with Crippen LogP contribution in [0.4, 0.5) is 0 Å². The number of hydrogen-bond acceptors (Lipinski definition) is 4. The van der Waals surface area contributed by atoms with Crippen LogP contribution in [0.5, 0.6) is 0 Å². The van der Waals surface area contributed by atoms with Crippen molar-refractivity contribution in [3.8, 4) is 0 Å². The Hall–Kier alpha value is -0.450. The molecular weight excluding hydrogens is 194 g/mol. The zero-order chi connectivity index (χ0) is 9.97. The van der Waals surface area contributed by atoms with Gasteiger partial charge in [-0.1, -0.05) is 6.92 Å². The van der Waals surface area contributed by atoms with Gasteiger partial charge in [0.05, 0.1) is 10.7 Å². The molecule has 0 radical (unpaired) electrons. The third-order valence-electron chi connectivity index (χ3n) is 2.81. The molecule has 0 aliphatic carbocycles. The molecule has 1 aliphatic rings. The van der Waals surface area contributed by atoms with Crippen molar-refractivity contribution in [2.75, 3.05) is 19.6 Å².